The number of carbonyl (C=O) groups is 1. The first-order valence-electron chi connectivity index (χ1n) is 6.58. The van der Waals surface area contributed by atoms with Crippen LogP contribution in [-0.4, -0.2) is 5.97 Å². The molecule has 0 unspecified atom stereocenters. The first-order valence-corrected chi connectivity index (χ1v) is 6.58. The van der Waals surface area contributed by atoms with E-state index in [1.807, 2.05) is 18.2 Å². The highest BCUT2D eigenvalue weighted by atomic mass is 16.5. The zero-order valence-electron chi connectivity index (χ0n) is 10.9. The van der Waals surface area contributed by atoms with E-state index in [4.69, 9.17) is 4.74 Å². The lowest BCUT2D eigenvalue weighted by molar-refractivity contribution is 0.0500. The molecule has 0 bridgehead atoms. The molecule has 0 heterocycles. The van der Waals surface area contributed by atoms with Crippen LogP contribution in [-0.2, 0) is 4.74 Å². The second-order valence-corrected chi connectivity index (χ2v) is 5.30. The van der Waals surface area contributed by atoms with Crippen LogP contribution in [0.2, 0.25) is 0 Å². The molecule has 0 amide bonds. The number of ether oxygens (including phenoxy) is 1. The number of benzene rings is 1. The predicted molar refractivity (Wildman–Crippen MR) is 72.2 cm³/mol. The van der Waals surface area contributed by atoms with Gasteiger partial charge >= 0.3 is 5.97 Å². The minimum absolute atomic E-state index is 0.0390. The summed E-state index contributed by atoms with van der Waals surface area (Å²) in [6, 6.07) is 9.08. The van der Waals surface area contributed by atoms with Crippen LogP contribution in [0.3, 0.4) is 0 Å². The molecule has 1 saturated carbocycles. The average Bonchev–Trinajstić information content (AvgIpc) is 2.40. The van der Waals surface area contributed by atoms with Crippen LogP contribution in [0.15, 0.2) is 42.7 Å². The molecule has 1 fully saturated rings. The van der Waals surface area contributed by atoms with Crippen molar-refractivity contribution in [2.75, 3.05) is 0 Å². The SMILES string of the molecule is C=C(OC(=O)c1ccccc1)C1(C)CCCCC1. The number of allylic oxidation sites excluding steroid dienone is 1. The first kappa shape index (κ1) is 12.9. The van der Waals surface area contributed by atoms with Crippen molar-refractivity contribution in [3.8, 4) is 0 Å². The molecule has 0 aliphatic heterocycles. The molecule has 1 aliphatic carbocycles. The van der Waals surface area contributed by atoms with Crippen molar-refractivity contribution in [2.45, 2.75) is 39.0 Å². The van der Waals surface area contributed by atoms with Gasteiger partial charge in [-0.15, -0.1) is 0 Å². The van der Waals surface area contributed by atoms with Crippen molar-refractivity contribution in [3.63, 3.8) is 0 Å². The maximum Gasteiger partial charge on any atom is 0.343 e. The van der Waals surface area contributed by atoms with Crippen LogP contribution in [0.4, 0.5) is 0 Å². The molecular formula is C16H20O2. The zero-order chi connectivity index (χ0) is 13.0. The molecule has 0 spiro atoms. The van der Waals surface area contributed by atoms with Gasteiger partial charge in [0.2, 0.25) is 0 Å². The third-order valence-corrected chi connectivity index (χ3v) is 3.86. The smallest absolute Gasteiger partial charge is 0.343 e. The van der Waals surface area contributed by atoms with Gasteiger partial charge in [-0.25, -0.2) is 4.79 Å². The van der Waals surface area contributed by atoms with Crippen LogP contribution in [0, 0.1) is 5.41 Å². The lowest BCUT2D eigenvalue weighted by Crippen LogP contribution is -2.25. The summed E-state index contributed by atoms with van der Waals surface area (Å²) in [6.45, 7) is 6.12. The van der Waals surface area contributed by atoms with Gasteiger partial charge in [0.25, 0.3) is 0 Å². The molecule has 0 radical (unpaired) electrons. The van der Waals surface area contributed by atoms with Crippen LogP contribution in [0.25, 0.3) is 0 Å². The zero-order valence-corrected chi connectivity index (χ0v) is 10.9. The largest absolute Gasteiger partial charge is 0.428 e. The molecule has 0 atom stereocenters. The number of esters is 1. The quantitative estimate of drug-likeness (QED) is 0.584. The Morgan fingerprint density at radius 3 is 2.39 bits per heavy atom. The molecule has 0 N–H and O–H groups in total. The molecule has 1 aliphatic rings. The van der Waals surface area contributed by atoms with Gasteiger partial charge in [0.1, 0.15) is 5.76 Å². The van der Waals surface area contributed by atoms with Crippen molar-refractivity contribution in [2.24, 2.45) is 5.41 Å². The lowest BCUT2D eigenvalue weighted by Gasteiger charge is -2.34. The van der Waals surface area contributed by atoms with E-state index in [1.165, 1.54) is 19.3 Å². The van der Waals surface area contributed by atoms with Gasteiger partial charge in [-0.3, -0.25) is 0 Å². The van der Waals surface area contributed by atoms with E-state index in [0.717, 1.165) is 12.8 Å². The summed E-state index contributed by atoms with van der Waals surface area (Å²) < 4.78 is 5.45. The molecule has 1 aromatic rings. The minimum atomic E-state index is -0.299. The number of hydrogen-bond donors (Lipinski definition) is 0. The summed E-state index contributed by atoms with van der Waals surface area (Å²) in [5, 5.41) is 0. The van der Waals surface area contributed by atoms with Gasteiger partial charge in [-0.1, -0.05) is 51.0 Å². The van der Waals surface area contributed by atoms with E-state index in [1.54, 1.807) is 12.1 Å². The van der Waals surface area contributed by atoms with E-state index in [9.17, 15) is 4.79 Å². The Morgan fingerprint density at radius 2 is 1.78 bits per heavy atom. The molecule has 2 heteroatoms. The molecule has 18 heavy (non-hydrogen) atoms. The highest BCUT2D eigenvalue weighted by Gasteiger charge is 2.32. The summed E-state index contributed by atoms with van der Waals surface area (Å²) in [5.41, 5.74) is 0.543. The first-order chi connectivity index (χ1) is 8.62. The van der Waals surface area contributed by atoms with Crippen molar-refractivity contribution in [1.82, 2.24) is 0 Å². The number of hydrogen-bond acceptors (Lipinski definition) is 2. The molecule has 0 aromatic heterocycles. The van der Waals surface area contributed by atoms with Gasteiger partial charge in [0, 0.05) is 5.41 Å². The second kappa shape index (κ2) is 5.38. The van der Waals surface area contributed by atoms with Crippen LogP contribution in [0.1, 0.15) is 49.4 Å². The molecule has 0 saturated heterocycles. The third kappa shape index (κ3) is 2.81. The normalized spacial score (nSPS) is 18.1. The van der Waals surface area contributed by atoms with Crippen molar-refractivity contribution in [3.05, 3.63) is 48.2 Å². The van der Waals surface area contributed by atoms with Gasteiger partial charge < -0.3 is 4.74 Å². The summed E-state index contributed by atoms with van der Waals surface area (Å²) in [6.07, 6.45) is 5.79. The van der Waals surface area contributed by atoms with Gasteiger partial charge in [0.05, 0.1) is 5.56 Å². The Balaban J connectivity index is 2.01. The fourth-order valence-corrected chi connectivity index (χ4v) is 2.48. The third-order valence-electron chi connectivity index (χ3n) is 3.86. The lowest BCUT2D eigenvalue weighted by atomic mass is 9.74. The van der Waals surface area contributed by atoms with E-state index < -0.39 is 0 Å². The molecule has 2 nitrogen and oxygen atoms in total. The number of carbonyl (C=O) groups excluding carboxylic acids is 1. The fourth-order valence-electron chi connectivity index (χ4n) is 2.48. The van der Waals surface area contributed by atoms with E-state index in [-0.39, 0.29) is 11.4 Å². The Labute approximate surface area is 109 Å². The maximum atomic E-state index is 12.0. The van der Waals surface area contributed by atoms with Crippen molar-refractivity contribution >= 4 is 5.97 Å². The van der Waals surface area contributed by atoms with Gasteiger partial charge in [-0.05, 0) is 25.0 Å². The van der Waals surface area contributed by atoms with Crippen LogP contribution < -0.4 is 0 Å². The Kier molecular flexibility index (Phi) is 3.85. The van der Waals surface area contributed by atoms with Crippen LogP contribution in [0.5, 0.6) is 0 Å². The fraction of sp³-hybridized carbons (Fsp3) is 0.438. The average molecular weight is 244 g/mol. The Bertz CT molecular complexity index is 428. The molecular weight excluding hydrogens is 224 g/mol. The van der Waals surface area contributed by atoms with E-state index >= 15 is 0 Å². The highest BCUT2D eigenvalue weighted by Crippen LogP contribution is 2.41. The Morgan fingerprint density at radius 1 is 1.17 bits per heavy atom. The summed E-state index contributed by atoms with van der Waals surface area (Å²) in [7, 11) is 0. The summed E-state index contributed by atoms with van der Waals surface area (Å²) in [5.74, 6) is 0.323. The summed E-state index contributed by atoms with van der Waals surface area (Å²) >= 11 is 0. The predicted octanol–water partition coefficient (Wildman–Crippen LogP) is 4.33. The standard InChI is InChI=1S/C16H20O2/c1-13(16(2)11-7-4-8-12-16)18-15(17)14-9-5-3-6-10-14/h3,5-6,9-10H,1,4,7-8,11-12H2,2H3. The van der Waals surface area contributed by atoms with Crippen molar-refractivity contribution in [1.29, 1.82) is 0 Å². The van der Waals surface area contributed by atoms with Crippen molar-refractivity contribution < 1.29 is 9.53 Å². The summed E-state index contributed by atoms with van der Waals surface area (Å²) in [4.78, 5) is 12.0. The second-order valence-electron chi connectivity index (χ2n) is 5.30. The molecule has 1 aromatic carbocycles. The molecule has 2 rings (SSSR count). The van der Waals surface area contributed by atoms with Crippen LogP contribution >= 0.6 is 0 Å². The minimum Gasteiger partial charge on any atom is -0.428 e. The molecule has 96 valence electrons. The van der Waals surface area contributed by atoms with Gasteiger partial charge in [0.15, 0.2) is 0 Å². The number of rotatable bonds is 3. The maximum absolute atomic E-state index is 12.0. The topological polar surface area (TPSA) is 26.3 Å². The van der Waals surface area contributed by atoms with E-state index in [2.05, 4.69) is 13.5 Å². The Hall–Kier alpha value is -1.57. The monoisotopic (exact) mass is 244 g/mol. The van der Waals surface area contributed by atoms with E-state index in [0.29, 0.717) is 11.3 Å². The van der Waals surface area contributed by atoms with Gasteiger partial charge in [-0.2, -0.15) is 0 Å². The highest BCUT2D eigenvalue weighted by molar-refractivity contribution is 5.90.